The van der Waals surface area contributed by atoms with Crippen molar-refractivity contribution in [3.8, 4) is 0 Å². The fourth-order valence-corrected chi connectivity index (χ4v) is 2.90. The number of nitrogens with one attached hydrogen (secondary N) is 1. The van der Waals surface area contributed by atoms with Gasteiger partial charge in [0.05, 0.1) is 12.2 Å². The van der Waals surface area contributed by atoms with Crippen LogP contribution in [0.15, 0.2) is 36.7 Å². The van der Waals surface area contributed by atoms with E-state index in [2.05, 4.69) is 15.6 Å². The Hall–Kier alpha value is -2.51. The zero-order chi connectivity index (χ0) is 16.9. The van der Waals surface area contributed by atoms with Gasteiger partial charge in [0, 0.05) is 31.4 Å². The Bertz CT molecular complexity index is 677. The van der Waals surface area contributed by atoms with Crippen LogP contribution in [0.5, 0.6) is 0 Å². The van der Waals surface area contributed by atoms with Gasteiger partial charge in [-0.3, -0.25) is 0 Å². The summed E-state index contributed by atoms with van der Waals surface area (Å²) in [5, 5.41) is 10.6. The number of nitrogens with zero attached hydrogens (tertiary/aromatic N) is 4. The molecule has 6 nitrogen and oxygen atoms in total. The normalized spacial score (nSPS) is 18.0. The van der Waals surface area contributed by atoms with Crippen LogP contribution < -0.4 is 5.32 Å². The van der Waals surface area contributed by atoms with Gasteiger partial charge in [-0.25, -0.2) is 18.3 Å². The first-order valence-corrected chi connectivity index (χ1v) is 7.89. The molecule has 2 heterocycles. The molecule has 2 aromatic rings. The summed E-state index contributed by atoms with van der Waals surface area (Å²) in [5.74, 6) is 0. The van der Waals surface area contributed by atoms with Gasteiger partial charge < -0.3 is 10.2 Å². The van der Waals surface area contributed by atoms with E-state index in [1.54, 1.807) is 34.1 Å². The number of carbonyl (C=O) groups excluding carboxylic acids is 1. The Morgan fingerprint density at radius 2 is 2.29 bits per heavy atom. The number of carbonyl (C=O) groups is 1. The van der Waals surface area contributed by atoms with Crippen molar-refractivity contribution in [1.29, 1.82) is 0 Å². The molecule has 0 unspecified atom stereocenters. The highest BCUT2D eigenvalue weighted by Crippen LogP contribution is 2.21. The fraction of sp³-hybridized carbons (Fsp3) is 0.438. The van der Waals surface area contributed by atoms with Gasteiger partial charge in [-0.05, 0) is 24.5 Å². The third-order valence-corrected chi connectivity index (χ3v) is 4.15. The second-order valence-corrected chi connectivity index (χ2v) is 5.83. The molecule has 1 N–H and O–H groups in total. The first kappa shape index (κ1) is 16.4. The lowest BCUT2D eigenvalue weighted by atomic mass is 10.1. The summed E-state index contributed by atoms with van der Waals surface area (Å²) in [7, 11) is 0. The molecule has 8 heteroatoms. The summed E-state index contributed by atoms with van der Waals surface area (Å²) in [6.07, 6.45) is 2.74. The quantitative estimate of drug-likeness (QED) is 0.934. The number of rotatable bonds is 4. The molecule has 1 aromatic carbocycles. The number of likely N-dealkylation sites (tertiary alicyclic amines) is 1. The van der Waals surface area contributed by atoms with Crippen molar-refractivity contribution < 1.29 is 13.6 Å². The highest BCUT2D eigenvalue weighted by atomic mass is 19.3. The third kappa shape index (κ3) is 3.87. The Labute approximate surface area is 138 Å². The number of hydrogen-bond donors (Lipinski definition) is 1. The van der Waals surface area contributed by atoms with E-state index in [0.29, 0.717) is 18.7 Å². The summed E-state index contributed by atoms with van der Waals surface area (Å²) in [5.41, 5.74) is 0.622. The zero-order valence-corrected chi connectivity index (χ0v) is 13.1. The van der Waals surface area contributed by atoms with Gasteiger partial charge in [0.25, 0.3) is 6.43 Å². The van der Waals surface area contributed by atoms with Crippen LogP contribution >= 0.6 is 0 Å². The van der Waals surface area contributed by atoms with Crippen molar-refractivity contribution in [1.82, 2.24) is 25.2 Å². The van der Waals surface area contributed by atoms with Crippen LogP contribution in [0.25, 0.3) is 0 Å². The largest absolute Gasteiger partial charge is 0.334 e. The van der Waals surface area contributed by atoms with Crippen molar-refractivity contribution in [2.24, 2.45) is 0 Å². The molecule has 128 valence electrons. The van der Waals surface area contributed by atoms with Gasteiger partial charge in [-0.2, -0.15) is 0 Å². The predicted molar refractivity (Wildman–Crippen MR) is 83.5 cm³/mol. The highest BCUT2D eigenvalue weighted by Gasteiger charge is 2.25. The lowest BCUT2D eigenvalue weighted by Crippen LogP contribution is -2.45. The molecule has 1 aromatic heterocycles. The molecule has 2 amide bonds. The molecule has 0 radical (unpaired) electrons. The summed E-state index contributed by atoms with van der Waals surface area (Å²) in [4.78, 5) is 14.1. The first-order valence-electron chi connectivity index (χ1n) is 7.89. The smallest absolute Gasteiger partial charge is 0.317 e. The standard InChI is InChI=1S/C16H19F2N5O/c17-15(18)13-4-1-3-12(9-13)10-19-16(24)22-7-2-5-14(11-22)23-8-6-20-21-23/h1,3-4,6,8-9,14-15H,2,5,7,10-11H2,(H,19,24)/t14-/m0/s1. The van der Waals surface area contributed by atoms with Crippen LogP contribution in [0.2, 0.25) is 0 Å². The predicted octanol–water partition coefficient (Wildman–Crippen LogP) is 2.76. The molecular weight excluding hydrogens is 316 g/mol. The summed E-state index contributed by atoms with van der Waals surface area (Å²) in [6, 6.07) is 6.02. The fourth-order valence-electron chi connectivity index (χ4n) is 2.90. The van der Waals surface area contributed by atoms with Gasteiger partial charge >= 0.3 is 6.03 Å². The van der Waals surface area contributed by atoms with Gasteiger partial charge in [0.1, 0.15) is 0 Å². The van der Waals surface area contributed by atoms with Crippen molar-refractivity contribution >= 4 is 6.03 Å². The maximum atomic E-state index is 12.7. The maximum absolute atomic E-state index is 12.7. The lowest BCUT2D eigenvalue weighted by molar-refractivity contribution is 0.151. The number of benzene rings is 1. The van der Waals surface area contributed by atoms with E-state index < -0.39 is 6.43 Å². The van der Waals surface area contributed by atoms with Crippen molar-refractivity contribution in [3.63, 3.8) is 0 Å². The molecule has 1 aliphatic heterocycles. The van der Waals surface area contributed by atoms with Crippen LogP contribution in [0.3, 0.4) is 0 Å². The molecule has 0 spiro atoms. The topological polar surface area (TPSA) is 63.1 Å². The van der Waals surface area contributed by atoms with E-state index in [1.165, 1.54) is 12.1 Å². The van der Waals surface area contributed by atoms with Gasteiger partial charge in [0.15, 0.2) is 0 Å². The Morgan fingerprint density at radius 1 is 1.42 bits per heavy atom. The van der Waals surface area contributed by atoms with E-state index in [9.17, 15) is 13.6 Å². The van der Waals surface area contributed by atoms with E-state index in [1.807, 2.05) is 0 Å². The average Bonchev–Trinajstić information content (AvgIpc) is 3.15. The van der Waals surface area contributed by atoms with Crippen LogP contribution in [-0.4, -0.2) is 39.0 Å². The number of alkyl halides is 2. The van der Waals surface area contributed by atoms with Crippen molar-refractivity contribution in [2.45, 2.75) is 31.9 Å². The summed E-state index contributed by atoms with van der Waals surface area (Å²) < 4.78 is 27.2. The van der Waals surface area contributed by atoms with E-state index >= 15 is 0 Å². The number of halogens is 2. The molecule has 1 saturated heterocycles. The monoisotopic (exact) mass is 335 g/mol. The molecule has 1 fully saturated rings. The van der Waals surface area contributed by atoms with Gasteiger partial charge in [-0.15, -0.1) is 5.10 Å². The molecule has 0 saturated carbocycles. The first-order chi connectivity index (χ1) is 11.6. The van der Waals surface area contributed by atoms with Gasteiger partial charge in [-0.1, -0.05) is 23.4 Å². The van der Waals surface area contributed by atoms with Crippen LogP contribution in [0.4, 0.5) is 13.6 Å². The van der Waals surface area contributed by atoms with Crippen LogP contribution in [0.1, 0.15) is 36.4 Å². The molecule has 1 aliphatic rings. The molecule has 1 atom stereocenters. The minimum Gasteiger partial charge on any atom is -0.334 e. The molecule has 0 bridgehead atoms. The Balaban J connectivity index is 1.56. The molecular formula is C16H19F2N5O. The van der Waals surface area contributed by atoms with E-state index in [4.69, 9.17) is 0 Å². The van der Waals surface area contributed by atoms with E-state index in [-0.39, 0.29) is 24.2 Å². The number of urea groups is 1. The average molecular weight is 335 g/mol. The Morgan fingerprint density at radius 3 is 3.04 bits per heavy atom. The maximum Gasteiger partial charge on any atom is 0.317 e. The Kier molecular flexibility index (Phi) is 5.02. The minimum atomic E-state index is -2.51. The summed E-state index contributed by atoms with van der Waals surface area (Å²) in [6.45, 7) is 1.46. The SMILES string of the molecule is O=C(NCc1cccc(C(F)F)c1)N1CCC[C@H](n2ccnn2)C1. The van der Waals surface area contributed by atoms with Gasteiger partial charge in [0.2, 0.25) is 0 Å². The molecule has 0 aliphatic carbocycles. The number of hydrogen-bond acceptors (Lipinski definition) is 3. The lowest BCUT2D eigenvalue weighted by Gasteiger charge is -2.32. The van der Waals surface area contributed by atoms with Crippen LogP contribution in [-0.2, 0) is 6.54 Å². The van der Waals surface area contributed by atoms with Crippen molar-refractivity contribution in [3.05, 3.63) is 47.8 Å². The molecule has 24 heavy (non-hydrogen) atoms. The molecule has 3 rings (SSSR count). The second kappa shape index (κ2) is 7.37. The van der Waals surface area contributed by atoms with Crippen LogP contribution in [0, 0.1) is 0 Å². The van der Waals surface area contributed by atoms with E-state index in [0.717, 1.165) is 12.8 Å². The number of piperidine rings is 1. The third-order valence-electron chi connectivity index (χ3n) is 4.15. The number of aromatic nitrogens is 3. The minimum absolute atomic E-state index is 0.0361. The highest BCUT2D eigenvalue weighted by molar-refractivity contribution is 5.74. The van der Waals surface area contributed by atoms with Crippen molar-refractivity contribution in [2.75, 3.05) is 13.1 Å². The second-order valence-electron chi connectivity index (χ2n) is 5.83. The summed E-state index contributed by atoms with van der Waals surface area (Å²) >= 11 is 0. The number of amides is 2. The zero-order valence-electron chi connectivity index (χ0n) is 13.1.